The van der Waals surface area contributed by atoms with Crippen LogP contribution in [0.5, 0.6) is 11.5 Å². The fraction of sp³-hybridized carbons (Fsp3) is 0.284. The molecule has 0 amide bonds. The van der Waals surface area contributed by atoms with Gasteiger partial charge in [-0.2, -0.15) is 0 Å². The van der Waals surface area contributed by atoms with Crippen molar-refractivity contribution in [3.05, 3.63) is 272 Å². The minimum Gasteiger partial charge on any atom is -0.507 e. The molecule has 0 aromatic heterocycles. The number of nitrogens with one attached hydrogen (secondary N) is 1. The number of aliphatic hydroxyl groups is 3. The second-order valence-electron chi connectivity index (χ2n) is 20.8. The maximum atomic E-state index is 12.6. The maximum Gasteiger partial charge on any atom is 0.130 e. The van der Waals surface area contributed by atoms with Gasteiger partial charge < -0.3 is 30.8 Å². The van der Waals surface area contributed by atoms with Crippen molar-refractivity contribution in [1.82, 2.24) is 15.1 Å². The van der Waals surface area contributed by atoms with Crippen LogP contribution in [0.25, 0.3) is 0 Å². The molecule has 8 aromatic carbocycles. The first-order valence-corrected chi connectivity index (χ1v) is 30.2. The quantitative estimate of drug-likeness (QED) is 0.0562. The van der Waals surface area contributed by atoms with E-state index < -0.39 is 16.8 Å². The molecule has 3 fully saturated rings. The number of hydrogen-bond donors (Lipinski definition) is 6. The Hall–Kier alpha value is -5.34. The van der Waals surface area contributed by atoms with E-state index in [4.69, 9.17) is 23.2 Å². The van der Waals surface area contributed by atoms with Crippen molar-refractivity contribution in [2.45, 2.75) is 97.2 Å². The number of phenols is 2. The first kappa shape index (κ1) is 58.3. The molecule has 2 unspecified atom stereocenters. The first-order valence-electron chi connectivity index (χ1n) is 27.2. The highest BCUT2D eigenvalue weighted by Crippen LogP contribution is 2.45. The molecule has 3 heterocycles. The normalized spacial score (nSPS) is 17.9. The van der Waals surface area contributed by atoms with Crippen LogP contribution < -0.4 is 5.32 Å². The van der Waals surface area contributed by atoms with Gasteiger partial charge >= 0.3 is 0 Å². The van der Waals surface area contributed by atoms with E-state index in [0.29, 0.717) is 39.5 Å². The van der Waals surface area contributed by atoms with E-state index in [1.807, 2.05) is 194 Å². The SMILES string of the molecule is OC(c1ccccc1)(c1ccccc1)[C@@H]1CCCN1.Oc1c(CBr)cc(Cl)cc1CBr.Oc1c(CN2CCCC2C(O)(c2ccccc2)c2ccccc2)cc(Cl)cc1CN1CCCC1C(O)(c1ccccc1)c1ccccc1. The highest BCUT2D eigenvalue weighted by molar-refractivity contribution is 9.08. The zero-order valence-corrected chi connectivity index (χ0v) is 48.9. The van der Waals surface area contributed by atoms with Crippen molar-refractivity contribution in [3.63, 3.8) is 0 Å². The van der Waals surface area contributed by atoms with Crippen molar-refractivity contribution < 1.29 is 25.5 Å². The molecule has 3 aliphatic heterocycles. The van der Waals surface area contributed by atoms with Gasteiger partial charge in [0.1, 0.15) is 28.3 Å². The summed E-state index contributed by atoms with van der Waals surface area (Å²) >= 11 is 19.2. The molecular weight excluding hydrogens is 1160 g/mol. The van der Waals surface area contributed by atoms with Crippen molar-refractivity contribution in [3.8, 4) is 11.5 Å². The van der Waals surface area contributed by atoms with Crippen LogP contribution in [0.4, 0.5) is 0 Å². The third-order valence-electron chi connectivity index (χ3n) is 16.0. The second kappa shape index (κ2) is 27.0. The molecule has 0 radical (unpaired) electrons. The first-order chi connectivity index (χ1) is 38.4. The summed E-state index contributed by atoms with van der Waals surface area (Å²) in [5, 5.41) is 63.9. The summed E-state index contributed by atoms with van der Waals surface area (Å²) < 4.78 is 0. The summed E-state index contributed by atoms with van der Waals surface area (Å²) in [6, 6.07) is 66.5. The second-order valence-corrected chi connectivity index (χ2v) is 22.8. The zero-order valence-electron chi connectivity index (χ0n) is 44.2. The minimum atomic E-state index is -1.22. The summed E-state index contributed by atoms with van der Waals surface area (Å²) in [6.07, 6.45) is 5.64. The monoisotopic (exact) mass is 1220 g/mol. The molecule has 0 saturated carbocycles. The number of likely N-dealkylation sites (tertiary alicyclic amines) is 2. The van der Waals surface area contributed by atoms with E-state index in [0.717, 1.165) is 114 Å². The largest absolute Gasteiger partial charge is 0.507 e. The Morgan fingerprint density at radius 3 is 1.00 bits per heavy atom. The summed E-state index contributed by atoms with van der Waals surface area (Å²) in [4.78, 5) is 4.58. The van der Waals surface area contributed by atoms with E-state index in [-0.39, 0.29) is 23.9 Å². The molecular formula is C67H69Br2Cl2N3O5. The molecule has 11 rings (SSSR count). The Kier molecular flexibility index (Phi) is 19.9. The molecule has 8 nitrogen and oxygen atoms in total. The smallest absolute Gasteiger partial charge is 0.130 e. The standard InChI is InChI=1S/C42H43ClN2O3.C17H19NO.C8H7Br2ClO/c43-37-27-31(29-44-25-13-23-38(44)41(47,33-15-5-1-6-16-33)34-17-7-2-8-18-34)40(46)32(28-37)30-45-26-14-24-39(45)42(48,35-19-9-3-10-20-35)36-21-11-4-12-22-36;19-17(16-12-7-13-18-16,14-8-3-1-4-9-14)15-10-5-2-6-11-15;9-3-5-1-7(11)2-6(4-10)8(5)12/h1-12,15-22,27-28,38-39,46-48H,13-14,23-26,29-30H2;1-6,8-11,16,18-19H,7,12-13H2;1-2,12H,3-4H2/t;16-;/m.0./s1. The summed E-state index contributed by atoms with van der Waals surface area (Å²) in [5.74, 6) is 0.537. The van der Waals surface area contributed by atoms with Gasteiger partial charge in [0, 0.05) is 74.2 Å². The van der Waals surface area contributed by atoms with Gasteiger partial charge in [-0.1, -0.05) is 237 Å². The third-order valence-corrected chi connectivity index (χ3v) is 17.7. The number of alkyl halides is 2. The van der Waals surface area contributed by atoms with Gasteiger partial charge in [-0.05, 0) is 116 Å². The fourth-order valence-corrected chi connectivity index (χ4v) is 13.5. The van der Waals surface area contributed by atoms with Crippen molar-refractivity contribution in [1.29, 1.82) is 0 Å². The Morgan fingerprint density at radius 2 is 0.709 bits per heavy atom. The van der Waals surface area contributed by atoms with Crippen LogP contribution in [-0.4, -0.2) is 73.1 Å². The number of phenolic OH excluding ortho intramolecular Hbond substituents is 2. The van der Waals surface area contributed by atoms with Gasteiger partial charge in [0.05, 0.1) is 0 Å². The fourth-order valence-electron chi connectivity index (χ4n) is 12.2. The van der Waals surface area contributed by atoms with E-state index in [2.05, 4.69) is 47.0 Å². The average Bonchev–Trinajstić information content (AvgIpc) is 4.53. The number of halogens is 4. The average molecular weight is 1230 g/mol. The lowest BCUT2D eigenvalue weighted by atomic mass is 9.79. The lowest BCUT2D eigenvalue weighted by Gasteiger charge is -2.41. The van der Waals surface area contributed by atoms with E-state index >= 15 is 0 Å². The Bertz CT molecular complexity index is 2910. The van der Waals surface area contributed by atoms with Crippen molar-refractivity contribution in [2.75, 3.05) is 19.6 Å². The van der Waals surface area contributed by atoms with Gasteiger partial charge in [-0.15, -0.1) is 0 Å². The topological polar surface area (TPSA) is 120 Å². The third kappa shape index (κ3) is 12.9. The lowest BCUT2D eigenvalue weighted by molar-refractivity contribution is -0.00733. The molecule has 3 saturated heterocycles. The zero-order chi connectivity index (χ0) is 55.4. The predicted octanol–water partition coefficient (Wildman–Crippen LogP) is 14.4. The van der Waals surface area contributed by atoms with E-state index in [9.17, 15) is 25.5 Å². The molecule has 8 aromatic rings. The Balaban J connectivity index is 0.000000198. The van der Waals surface area contributed by atoms with Crippen molar-refractivity contribution >= 4 is 55.1 Å². The molecule has 0 spiro atoms. The Labute approximate surface area is 492 Å². The number of hydrogen-bond acceptors (Lipinski definition) is 8. The lowest BCUT2D eigenvalue weighted by Crippen LogP contribution is -2.48. The highest BCUT2D eigenvalue weighted by atomic mass is 79.9. The summed E-state index contributed by atoms with van der Waals surface area (Å²) in [7, 11) is 0. The number of benzene rings is 8. The molecule has 3 aliphatic rings. The predicted molar refractivity (Wildman–Crippen MR) is 327 cm³/mol. The van der Waals surface area contributed by atoms with Gasteiger partial charge in [-0.25, -0.2) is 0 Å². The van der Waals surface area contributed by atoms with Crippen LogP contribution >= 0.6 is 55.1 Å². The molecule has 0 bridgehead atoms. The van der Waals surface area contributed by atoms with Crippen LogP contribution in [0.15, 0.2) is 206 Å². The highest BCUT2D eigenvalue weighted by Gasteiger charge is 2.47. The van der Waals surface area contributed by atoms with Gasteiger partial charge in [0.15, 0.2) is 0 Å². The van der Waals surface area contributed by atoms with E-state index in [1.54, 1.807) is 12.1 Å². The van der Waals surface area contributed by atoms with Crippen LogP contribution in [0, 0.1) is 0 Å². The Morgan fingerprint density at radius 1 is 0.418 bits per heavy atom. The van der Waals surface area contributed by atoms with Crippen LogP contribution in [-0.2, 0) is 40.6 Å². The number of nitrogens with zero attached hydrogens (tertiary/aromatic N) is 2. The molecule has 12 heteroatoms. The van der Waals surface area contributed by atoms with Gasteiger partial charge in [0.25, 0.3) is 0 Å². The van der Waals surface area contributed by atoms with Crippen LogP contribution in [0.1, 0.15) is 94.2 Å². The summed E-state index contributed by atoms with van der Waals surface area (Å²) in [5.41, 5.74) is 5.06. The number of aromatic hydroxyl groups is 2. The summed E-state index contributed by atoms with van der Waals surface area (Å²) in [6.45, 7) is 3.47. The minimum absolute atomic E-state index is 0.0808. The van der Waals surface area contributed by atoms with Gasteiger partial charge in [0.2, 0.25) is 0 Å². The number of rotatable bonds is 15. The van der Waals surface area contributed by atoms with E-state index in [1.165, 1.54) is 0 Å². The molecule has 3 atom stereocenters. The molecule has 410 valence electrons. The molecule has 79 heavy (non-hydrogen) atoms. The molecule has 0 aliphatic carbocycles. The molecule has 6 N–H and O–H groups in total. The van der Waals surface area contributed by atoms with Crippen molar-refractivity contribution in [2.24, 2.45) is 0 Å². The van der Waals surface area contributed by atoms with Crippen LogP contribution in [0.3, 0.4) is 0 Å². The van der Waals surface area contributed by atoms with Gasteiger partial charge in [-0.3, -0.25) is 9.80 Å². The van der Waals surface area contributed by atoms with Crippen LogP contribution in [0.2, 0.25) is 10.0 Å². The maximum absolute atomic E-state index is 12.6.